The fourth-order valence-corrected chi connectivity index (χ4v) is 1.43. The van der Waals surface area contributed by atoms with Crippen LogP contribution in [0.3, 0.4) is 0 Å². The normalized spacial score (nSPS) is 14.6. The smallest absolute Gasteiger partial charge is 0.0632 e. The molecule has 0 saturated carbocycles. The standard InChI is InChI=1S/C10H13N2O.C2H6.Y/c1-9-2-3-11-10(8-9)12-4-6-13-7-5-12;1-2;/h2,8H,4-7H2,1H3;1-2H3;/q-1;;. The van der Waals surface area contributed by atoms with Crippen LogP contribution in [-0.2, 0) is 37.4 Å². The van der Waals surface area contributed by atoms with Crippen molar-refractivity contribution in [2.24, 2.45) is 0 Å². The Morgan fingerprint density at radius 3 is 2.50 bits per heavy atom. The Kier molecular flexibility index (Phi) is 9.09. The van der Waals surface area contributed by atoms with Crippen LogP contribution >= 0.6 is 0 Å². The minimum atomic E-state index is 0. The first-order valence-corrected chi connectivity index (χ1v) is 5.54. The van der Waals surface area contributed by atoms with E-state index < -0.39 is 0 Å². The van der Waals surface area contributed by atoms with Crippen molar-refractivity contribution in [3.8, 4) is 0 Å². The van der Waals surface area contributed by atoms with Gasteiger partial charge in [-0.25, -0.2) is 0 Å². The van der Waals surface area contributed by atoms with Crippen molar-refractivity contribution >= 4 is 5.82 Å². The second-order valence-electron chi connectivity index (χ2n) is 3.23. The summed E-state index contributed by atoms with van der Waals surface area (Å²) in [7, 11) is 0. The van der Waals surface area contributed by atoms with Gasteiger partial charge in [-0.05, 0) is 0 Å². The Morgan fingerprint density at radius 2 is 1.94 bits per heavy atom. The van der Waals surface area contributed by atoms with Gasteiger partial charge in [0.1, 0.15) is 0 Å². The summed E-state index contributed by atoms with van der Waals surface area (Å²) in [4.78, 5) is 6.44. The molecule has 1 aromatic heterocycles. The van der Waals surface area contributed by atoms with Crippen molar-refractivity contribution in [2.75, 3.05) is 31.2 Å². The molecule has 1 aliphatic rings. The van der Waals surface area contributed by atoms with Crippen LogP contribution in [0.15, 0.2) is 12.1 Å². The van der Waals surface area contributed by atoms with Crippen LogP contribution in [0.4, 0.5) is 5.82 Å². The van der Waals surface area contributed by atoms with E-state index in [1.807, 2.05) is 19.9 Å². The van der Waals surface area contributed by atoms with Gasteiger partial charge < -0.3 is 14.6 Å². The molecule has 1 radical (unpaired) electrons. The summed E-state index contributed by atoms with van der Waals surface area (Å²) in [6, 6.07) is 3.98. The topological polar surface area (TPSA) is 25.4 Å². The van der Waals surface area contributed by atoms with Crippen LogP contribution in [0.25, 0.3) is 0 Å². The van der Waals surface area contributed by atoms with Gasteiger partial charge in [0.05, 0.1) is 13.2 Å². The zero-order valence-electron chi connectivity index (χ0n) is 10.4. The summed E-state index contributed by atoms with van der Waals surface area (Å²) in [6.45, 7) is 9.53. The molecule has 0 N–H and O–H groups in total. The van der Waals surface area contributed by atoms with Gasteiger partial charge in [0.15, 0.2) is 0 Å². The van der Waals surface area contributed by atoms with E-state index in [1.165, 1.54) is 5.56 Å². The van der Waals surface area contributed by atoms with E-state index in [-0.39, 0.29) is 32.7 Å². The Balaban J connectivity index is 0.000000711. The molecule has 1 fully saturated rings. The summed E-state index contributed by atoms with van der Waals surface area (Å²) < 4.78 is 5.27. The van der Waals surface area contributed by atoms with Crippen LogP contribution in [0.1, 0.15) is 19.4 Å². The predicted molar refractivity (Wildman–Crippen MR) is 62.2 cm³/mol. The monoisotopic (exact) mass is 296 g/mol. The van der Waals surface area contributed by atoms with Gasteiger partial charge in [-0.2, -0.15) is 11.6 Å². The zero-order chi connectivity index (χ0) is 11.1. The molecule has 1 aliphatic heterocycles. The summed E-state index contributed by atoms with van der Waals surface area (Å²) in [6.07, 6.45) is 2.89. The molecule has 0 aliphatic carbocycles. The van der Waals surface area contributed by atoms with E-state index in [2.05, 4.69) is 29.1 Å². The van der Waals surface area contributed by atoms with Gasteiger partial charge in [-0.15, -0.1) is 6.07 Å². The Bertz CT molecular complexity index is 288. The first-order chi connectivity index (χ1) is 7.36. The summed E-state index contributed by atoms with van der Waals surface area (Å²) in [5, 5.41) is 0. The van der Waals surface area contributed by atoms with Crippen LogP contribution in [-0.4, -0.2) is 31.3 Å². The van der Waals surface area contributed by atoms with Crippen molar-refractivity contribution in [3.63, 3.8) is 0 Å². The number of rotatable bonds is 1. The number of pyridine rings is 1. The van der Waals surface area contributed by atoms with Gasteiger partial charge in [-0.1, -0.05) is 27.0 Å². The van der Waals surface area contributed by atoms with Gasteiger partial charge in [0, 0.05) is 51.6 Å². The maximum Gasteiger partial charge on any atom is 0.0632 e. The molecule has 0 spiro atoms. The summed E-state index contributed by atoms with van der Waals surface area (Å²) in [5.41, 5.74) is 1.21. The number of aryl methyl sites for hydroxylation is 1. The molecule has 16 heavy (non-hydrogen) atoms. The quantitative estimate of drug-likeness (QED) is 0.742. The maximum atomic E-state index is 5.27. The fourth-order valence-electron chi connectivity index (χ4n) is 1.43. The number of hydrogen-bond acceptors (Lipinski definition) is 3. The van der Waals surface area contributed by atoms with E-state index in [4.69, 9.17) is 4.74 Å². The molecule has 1 aromatic rings. The summed E-state index contributed by atoms with van der Waals surface area (Å²) >= 11 is 0. The molecule has 4 heteroatoms. The molecule has 0 amide bonds. The molecule has 3 nitrogen and oxygen atoms in total. The van der Waals surface area contributed by atoms with Gasteiger partial charge in [-0.3, -0.25) is 0 Å². The van der Waals surface area contributed by atoms with Gasteiger partial charge >= 0.3 is 0 Å². The van der Waals surface area contributed by atoms with E-state index in [1.54, 1.807) is 0 Å². The molecule has 0 aromatic carbocycles. The second kappa shape index (κ2) is 9.09. The van der Waals surface area contributed by atoms with Crippen molar-refractivity contribution in [1.29, 1.82) is 0 Å². The van der Waals surface area contributed by atoms with Crippen molar-refractivity contribution in [3.05, 3.63) is 23.9 Å². The molecular weight excluding hydrogens is 277 g/mol. The van der Waals surface area contributed by atoms with E-state index in [0.717, 1.165) is 32.1 Å². The SMILES string of the molecule is CC.Cc1c[c-]nc(N2CCOCC2)c1.[Y]. The van der Waals surface area contributed by atoms with Crippen LogP contribution in [0, 0.1) is 13.1 Å². The first kappa shape index (κ1) is 16.0. The molecule has 1 saturated heterocycles. The zero-order valence-corrected chi connectivity index (χ0v) is 13.2. The molecule has 0 bridgehead atoms. The number of morpholine rings is 1. The van der Waals surface area contributed by atoms with Crippen LogP contribution < -0.4 is 4.90 Å². The minimum Gasteiger partial charge on any atom is -0.404 e. The maximum absolute atomic E-state index is 5.27. The predicted octanol–water partition coefficient (Wildman–Crippen LogP) is 2.05. The third-order valence-corrected chi connectivity index (χ3v) is 2.16. The second-order valence-corrected chi connectivity index (χ2v) is 3.23. The molecule has 2 heterocycles. The van der Waals surface area contributed by atoms with E-state index in [9.17, 15) is 0 Å². The third kappa shape index (κ3) is 4.90. The number of aromatic nitrogens is 1. The Morgan fingerprint density at radius 1 is 1.31 bits per heavy atom. The average Bonchev–Trinajstić information content (AvgIpc) is 2.33. The van der Waals surface area contributed by atoms with E-state index in [0.29, 0.717) is 0 Å². The third-order valence-electron chi connectivity index (χ3n) is 2.16. The Hall–Kier alpha value is 0.0139. The molecular formula is C12H19N2OY-. The molecule has 0 atom stereocenters. The van der Waals surface area contributed by atoms with Crippen molar-refractivity contribution < 1.29 is 37.4 Å². The van der Waals surface area contributed by atoms with Crippen molar-refractivity contribution in [1.82, 2.24) is 4.98 Å². The largest absolute Gasteiger partial charge is 0.404 e. The number of ether oxygens (including phenoxy) is 1. The van der Waals surface area contributed by atoms with Crippen molar-refractivity contribution in [2.45, 2.75) is 20.8 Å². The number of anilines is 1. The van der Waals surface area contributed by atoms with E-state index >= 15 is 0 Å². The first-order valence-electron chi connectivity index (χ1n) is 5.54. The number of nitrogens with zero attached hydrogens (tertiary/aromatic N) is 2. The average molecular weight is 296 g/mol. The minimum absolute atomic E-state index is 0. The number of hydrogen-bond donors (Lipinski definition) is 0. The molecule has 2 rings (SSSR count). The van der Waals surface area contributed by atoms with Gasteiger partial charge in [0.25, 0.3) is 0 Å². The fraction of sp³-hybridized carbons (Fsp3) is 0.583. The Labute approximate surface area is 123 Å². The summed E-state index contributed by atoms with van der Waals surface area (Å²) in [5.74, 6) is 1.02. The van der Waals surface area contributed by atoms with Crippen LogP contribution in [0.5, 0.6) is 0 Å². The molecule has 0 unspecified atom stereocenters. The van der Waals surface area contributed by atoms with Crippen LogP contribution in [0.2, 0.25) is 0 Å². The van der Waals surface area contributed by atoms with Gasteiger partial charge in [0.2, 0.25) is 0 Å². The molecule has 87 valence electrons.